The molecule has 1 amide bonds. The number of ether oxygens (including phenoxy) is 1. The first-order valence-corrected chi connectivity index (χ1v) is 11.1. The normalized spacial score (nSPS) is 11.1. The van der Waals surface area contributed by atoms with Crippen LogP contribution >= 0.6 is 0 Å². The molecule has 34 heavy (non-hydrogen) atoms. The molecule has 0 fully saturated rings. The molecule has 4 aromatic rings. The molecule has 0 saturated carbocycles. The first-order valence-electron chi connectivity index (χ1n) is 11.1. The van der Waals surface area contributed by atoms with Gasteiger partial charge in [-0.25, -0.2) is 9.48 Å². The van der Waals surface area contributed by atoms with E-state index in [0.29, 0.717) is 30.2 Å². The second-order valence-electron chi connectivity index (χ2n) is 8.61. The quantitative estimate of drug-likeness (QED) is 0.453. The maximum absolute atomic E-state index is 12.7. The summed E-state index contributed by atoms with van der Waals surface area (Å²) in [7, 11) is 1.88. The fraction of sp³-hybridized carbons (Fsp3) is 0.231. The molecule has 0 radical (unpaired) electrons. The Morgan fingerprint density at radius 3 is 2.50 bits per heavy atom. The number of aryl methyl sites for hydroxylation is 1. The van der Waals surface area contributed by atoms with Crippen LogP contribution in [0.2, 0.25) is 0 Å². The van der Waals surface area contributed by atoms with E-state index in [2.05, 4.69) is 24.0 Å². The lowest BCUT2D eigenvalue weighted by Gasteiger charge is -2.16. The number of benzene rings is 2. The average molecular weight is 458 g/mol. The van der Waals surface area contributed by atoms with E-state index in [-0.39, 0.29) is 5.43 Å². The Morgan fingerprint density at radius 2 is 1.85 bits per heavy atom. The van der Waals surface area contributed by atoms with Crippen molar-refractivity contribution in [2.45, 2.75) is 26.7 Å². The third kappa shape index (κ3) is 5.23. The molecule has 0 unspecified atom stereocenters. The predicted octanol–water partition coefficient (Wildman–Crippen LogP) is 3.88. The Kier molecular flexibility index (Phi) is 6.58. The molecule has 0 bridgehead atoms. The number of hydrogen-bond acceptors (Lipinski definition) is 5. The van der Waals surface area contributed by atoms with Crippen molar-refractivity contribution in [3.8, 4) is 22.6 Å². The Bertz CT molecular complexity index is 1370. The van der Waals surface area contributed by atoms with E-state index in [1.54, 1.807) is 27.7 Å². The van der Waals surface area contributed by atoms with Crippen LogP contribution < -0.4 is 15.9 Å². The zero-order valence-corrected chi connectivity index (χ0v) is 19.4. The molecule has 8 heteroatoms. The topological polar surface area (TPSA) is 105 Å². The smallest absolute Gasteiger partial charge is 0.409 e. The lowest BCUT2D eigenvalue weighted by molar-refractivity contribution is 0.210. The number of amides is 1. The minimum absolute atomic E-state index is 0.153. The Labute approximate surface area is 197 Å². The number of nitrogens with two attached hydrogens (primary N) is 1. The highest BCUT2D eigenvalue weighted by molar-refractivity contribution is 5.69. The summed E-state index contributed by atoms with van der Waals surface area (Å²) >= 11 is 0. The third-order valence-electron chi connectivity index (χ3n) is 5.46. The minimum atomic E-state index is -0.864. The van der Waals surface area contributed by atoms with Crippen molar-refractivity contribution < 1.29 is 9.53 Å². The monoisotopic (exact) mass is 457 g/mol. The SMILES string of the molecule is CC(C)Cc1c(Cc2nn(-c3ccc(-c4cnn(C)c4)cc3)ccc2=O)cccc1OC(N)=O. The molecule has 2 N–H and O–H groups in total. The molecule has 0 aliphatic heterocycles. The van der Waals surface area contributed by atoms with Gasteiger partial charge in [0.2, 0.25) is 5.43 Å². The van der Waals surface area contributed by atoms with Gasteiger partial charge in [0, 0.05) is 37.5 Å². The van der Waals surface area contributed by atoms with Crippen LogP contribution in [0, 0.1) is 5.92 Å². The van der Waals surface area contributed by atoms with Crippen molar-refractivity contribution in [2.24, 2.45) is 18.7 Å². The third-order valence-corrected chi connectivity index (χ3v) is 5.46. The van der Waals surface area contributed by atoms with Crippen LogP contribution in [0.4, 0.5) is 4.79 Å². The van der Waals surface area contributed by atoms with Crippen LogP contribution in [0.1, 0.15) is 30.7 Å². The highest BCUT2D eigenvalue weighted by Gasteiger charge is 2.16. The van der Waals surface area contributed by atoms with Gasteiger partial charge in [0.15, 0.2) is 0 Å². The van der Waals surface area contributed by atoms with Crippen LogP contribution in [0.25, 0.3) is 16.8 Å². The van der Waals surface area contributed by atoms with E-state index in [4.69, 9.17) is 10.5 Å². The summed E-state index contributed by atoms with van der Waals surface area (Å²) in [4.78, 5) is 24.0. The fourth-order valence-corrected chi connectivity index (χ4v) is 3.89. The first kappa shape index (κ1) is 23.0. The van der Waals surface area contributed by atoms with Crippen molar-refractivity contribution >= 4 is 6.09 Å². The maximum atomic E-state index is 12.7. The van der Waals surface area contributed by atoms with Crippen LogP contribution in [-0.4, -0.2) is 25.7 Å². The molecule has 0 spiro atoms. The van der Waals surface area contributed by atoms with Gasteiger partial charge in [-0.05, 0) is 47.2 Å². The number of nitrogens with zero attached hydrogens (tertiary/aromatic N) is 4. The minimum Gasteiger partial charge on any atom is -0.410 e. The summed E-state index contributed by atoms with van der Waals surface area (Å²) in [5.74, 6) is 0.732. The standard InChI is InChI=1S/C26H27N5O3/c1-17(2)13-22-19(5-4-6-25(22)34-26(27)33)14-23-24(32)11-12-31(29-23)21-9-7-18(8-10-21)20-15-28-30(3)16-20/h4-12,15-17H,13-14H2,1-3H3,(H2,27,33). The molecule has 0 aliphatic rings. The van der Waals surface area contributed by atoms with Crippen LogP contribution in [0.3, 0.4) is 0 Å². The van der Waals surface area contributed by atoms with Gasteiger partial charge < -0.3 is 10.5 Å². The second-order valence-corrected chi connectivity index (χ2v) is 8.61. The van der Waals surface area contributed by atoms with Crippen molar-refractivity contribution in [3.63, 3.8) is 0 Å². The number of carbonyl (C=O) groups is 1. The van der Waals surface area contributed by atoms with E-state index in [1.807, 2.05) is 49.8 Å². The molecule has 4 rings (SSSR count). The number of primary amides is 1. The highest BCUT2D eigenvalue weighted by Crippen LogP contribution is 2.27. The van der Waals surface area contributed by atoms with Gasteiger partial charge in [-0.15, -0.1) is 0 Å². The molecular formula is C26H27N5O3. The van der Waals surface area contributed by atoms with E-state index in [0.717, 1.165) is 27.9 Å². The molecule has 2 aromatic carbocycles. The van der Waals surface area contributed by atoms with Gasteiger partial charge in [-0.1, -0.05) is 38.1 Å². The summed E-state index contributed by atoms with van der Waals surface area (Å²) in [6, 6.07) is 14.8. The summed E-state index contributed by atoms with van der Waals surface area (Å²) in [5.41, 5.74) is 10.1. The summed E-state index contributed by atoms with van der Waals surface area (Å²) in [6.45, 7) is 4.15. The van der Waals surface area contributed by atoms with Crippen LogP contribution in [0.15, 0.2) is 71.9 Å². The number of hydrogen-bond donors (Lipinski definition) is 1. The van der Waals surface area contributed by atoms with Gasteiger partial charge in [0.25, 0.3) is 0 Å². The van der Waals surface area contributed by atoms with E-state index in [9.17, 15) is 9.59 Å². The molecule has 0 saturated heterocycles. The molecular weight excluding hydrogens is 430 g/mol. The molecule has 0 aliphatic carbocycles. The Balaban J connectivity index is 1.66. The van der Waals surface area contributed by atoms with Crippen LogP contribution in [-0.2, 0) is 19.9 Å². The van der Waals surface area contributed by atoms with Gasteiger partial charge in [0.05, 0.1) is 11.9 Å². The number of carbonyl (C=O) groups excluding carboxylic acids is 1. The van der Waals surface area contributed by atoms with Gasteiger partial charge in [-0.2, -0.15) is 10.2 Å². The fourth-order valence-electron chi connectivity index (χ4n) is 3.89. The van der Waals surface area contributed by atoms with E-state index in [1.165, 1.54) is 6.07 Å². The lowest BCUT2D eigenvalue weighted by Crippen LogP contribution is -2.19. The Morgan fingerprint density at radius 1 is 1.09 bits per heavy atom. The summed E-state index contributed by atoms with van der Waals surface area (Å²) < 4.78 is 8.68. The van der Waals surface area contributed by atoms with Crippen LogP contribution in [0.5, 0.6) is 5.75 Å². The molecule has 2 heterocycles. The van der Waals surface area contributed by atoms with Gasteiger partial charge in [-0.3, -0.25) is 9.48 Å². The molecule has 8 nitrogen and oxygen atoms in total. The largest absolute Gasteiger partial charge is 0.410 e. The summed E-state index contributed by atoms with van der Waals surface area (Å²) in [6.07, 6.45) is 5.55. The zero-order valence-electron chi connectivity index (χ0n) is 19.4. The van der Waals surface area contributed by atoms with Crippen molar-refractivity contribution in [2.75, 3.05) is 0 Å². The lowest BCUT2D eigenvalue weighted by atomic mass is 9.94. The van der Waals surface area contributed by atoms with E-state index < -0.39 is 6.09 Å². The average Bonchev–Trinajstić information content (AvgIpc) is 3.23. The van der Waals surface area contributed by atoms with Crippen molar-refractivity contribution in [3.05, 3.63) is 94.2 Å². The number of aromatic nitrogens is 4. The first-order chi connectivity index (χ1) is 16.3. The van der Waals surface area contributed by atoms with Gasteiger partial charge in [0.1, 0.15) is 11.4 Å². The highest BCUT2D eigenvalue weighted by atomic mass is 16.5. The predicted molar refractivity (Wildman–Crippen MR) is 130 cm³/mol. The molecule has 174 valence electrons. The van der Waals surface area contributed by atoms with Gasteiger partial charge >= 0.3 is 6.09 Å². The molecule has 2 aromatic heterocycles. The second kappa shape index (κ2) is 9.74. The molecule has 0 atom stereocenters. The maximum Gasteiger partial charge on any atom is 0.409 e. The van der Waals surface area contributed by atoms with Crippen molar-refractivity contribution in [1.82, 2.24) is 19.6 Å². The summed E-state index contributed by atoms with van der Waals surface area (Å²) in [5, 5.41) is 8.82. The zero-order chi connectivity index (χ0) is 24.2. The van der Waals surface area contributed by atoms with Crippen molar-refractivity contribution in [1.29, 1.82) is 0 Å². The Hall–Kier alpha value is -4.20. The van der Waals surface area contributed by atoms with E-state index >= 15 is 0 Å². The number of rotatable bonds is 7.